The van der Waals surface area contributed by atoms with Crippen molar-refractivity contribution in [1.29, 1.82) is 0 Å². The lowest BCUT2D eigenvalue weighted by Crippen LogP contribution is -2.31. The average Bonchev–Trinajstić information content (AvgIpc) is 3.17. The summed E-state index contributed by atoms with van der Waals surface area (Å²) in [7, 11) is 0. The van der Waals surface area contributed by atoms with Gasteiger partial charge in [0.15, 0.2) is 0 Å². The molecule has 0 unspecified atom stereocenters. The fourth-order valence-corrected chi connectivity index (χ4v) is 2.87. The molecule has 1 aliphatic rings. The molecule has 0 aliphatic heterocycles. The summed E-state index contributed by atoms with van der Waals surface area (Å²) in [6.45, 7) is 3.98. The molecule has 112 valence electrons. The molecule has 8 heteroatoms. The summed E-state index contributed by atoms with van der Waals surface area (Å²) in [5, 5.41) is 24.6. The molecule has 0 bridgehead atoms. The molecule has 1 aromatic rings. The summed E-state index contributed by atoms with van der Waals surface area (Å²) < 4.78 is 1.94. The van der Waals surface area contributed by atoms with Crippen LogP contribution in [0, 0.1) is 5.41 Å². The molecule has 1 heterocycles. The number of nitrogens with two attached hydrogens (primary N) is 1. The van der Waals surface area contributed by atoms with Gasteiger partial charge in [-0.25, -0.2) is 4.68 Å². The molecule has 0 amide bonds. The molecular weight excluding hydrogens is 276 g/mol. The SMILES string of the molecule is CC(C)(CCCCSc1nnnn1C1CC1)C(N)=NO. The van der Waals surface area contributed by atoms with E-state index in [9.17, 15) is 0 Å². The largest absolute Gasteiger partial charge is 0.409 e. The third-order valence-electron chi connectivity index (χ3n) is 3.58. The number of unbranched alkanes of at least 4 members (excludes halogenated alkanes) is 1. The van der Waals surface area contributed by atoms with Crippen LogP contribution in [0.4, 0.5) is 0 Å². The van der Waals surface area contributed by atoms with Crippen LogP contribution in [0.1, 0.15) is 52.0 Å². The lowest BCUT2D eigenvalue weighted by Gasteiger charge is -2.22. The monoisotopic (exact) mass is 298 g/mol. The minimum absolute atomic E-state index is 0.255. The molecule has 0 saturated heterocycles. The van der Waals surface area contributed by atoms with Crippen molar-refractivity contribution in [1.82, 2.24) is 20.2 Å². The van der Waals surface area contributed by atoms with Crippen molar-refractivity contribution in [2.75, 3.05) is 5.75 Å². The van der Waals surface area contributed by atoms with E-state index in [1.54, 1.807) is 11.8 Å². The average molecular weight is 298 g/mol. The first-order chi connectivity index (χ1) is 9.54. The van der Waals surface area contributed by atoms with Gasteiger partial charge in [-0.2, -0.15) is 0 Å². The molecule has 2 rings (SSSR count). The van der Waals surface area contributed by atoms with Crippen LogP contribution >= 0.6 is 11.8 Å². The summed E-state index contributed by atoms with van der Waals surface area (Å²) in [4.78, 5) is 0. The Morgan fingerprint density at radius 1 is 1.50 bits per heavy atom. The fraction of sp³-hybridized carbons (Fsp3) is 0.833. The molecule has 0 spiro atoms. The number of hydrogen-bond acceptors (Lipinski definition) is 6. The van der Waals surface area contributed by atoms with Gasteiger partial charge in [0, 0.05) is 11.2 Å². The maximum Gasteiger partial charge on any atom is 0.209 e. The van der Waals surface area contributed by atoms with E-state index in [-0.39, 0.29) is 5.41 Å². The summed E-state index contributed by atoms with van der Waals surface area (Å²) >= 11 is 1.70. The fourth-order valence-electron chi connectivity index (χ4n) is 1.92. The standard InChI is InChI=1S/C12H22N6OS/c1-12(2,10(13)15-19)7-3-4-8-20-11-14-16-17-18(11)9-5-6-9/h9,19H,3-8H2,1-2H3,(H2,13,15). The van der Waals surface area contributed by atoms with Crippen molar-refractivity contribution in [2.24, 2.45) is 16.3 Å². The zero-order valence-corrected chi connectivity index (χ0v) is 12.8. The third kappa shape index (κ3) is 3.84. The predicted molar refractivity (Wildman–Crippen MR) is 77.9 cm³/mol. The second-order valence-corrected chi connectivity index (χ2v) is 6.87. The maximum absolute atomic E-state index is 8.72. The summed E-state index contributed by atoms with van der Waals surface area (Å²) in [6.07, 6.45) is 5.36. The van der Waals surface area contributed by atoms with E-state index in [1.807, 2.05) is 18.5 Å². The van der Waals surface area contributed by atoms with Gasteiger partial charge < -0.3 is 10.9 Å². The highest BCUT2D eigenvalue weighted by atomic mass is 32.2. The van der Waals surface area contributed by atoms with Crippen molar-refractivity contribution >= 4 is 17.6 Å². The molecule has 3 N–H and O–H groups in total. The normalized spacial score (nSPS) is 16.6. The molecule has 1 aliphatic carbocycles. The number of oxime groups is 1. The number of amidine groups is 1. The zero-order valence-electron chi connectivity index (χ0n) is 12.0. The number of tetrazole rings is 1. The van der Waals surface area contributed by atoms with E-state index >= 15 is 0 Å². The number of aromatic nitrogens is 4. The van der Waals surface area contributed by atoms with Crippen molar-refractivity contribution in [3.63, 3.8) is 0 Å². The van der Waals surface area contributed by atoms with E-state index < -0.39 is 0 Å². The van der Waals surface area contributed by atoms with Crippen molar-refractivity contribution in [3.05, 3.63) is 0 Å². The van der Waals surface area contributed by atoms with Gasteiger partial charge in [0.2, 0.25) is 5.16 Å². The Hall–Kier alpha value is -1.31. The van der Waals surface area contributed by atoms with Gasteiger partial charge in [0.25, 0.3) is 0 Å². The molecule has 1 aromatic heterocycles. The van der Waals surface area contributed by atoms with Crippen LogP contribution in [-0.2, 0) is 0 Å². The van der Waals surface area contributed by atoms with E-state index in [0.717, 1.165) is 30.2 Å². The molecule has 0 radical (unpaired) electrons. The quantitative estimate of drug-likeness (QED) is 0.190. The van der Waals surface area contributed by atoms with Gasteiger partial charge in [-0.3, -0.25) is 0 Å². The minimum atomic E-state index is -0.255. The van der Waals surface area contributed by atoms with Gasteiger partial charge in [-0.1, -0.05) is 37.2 Å². The zero-order chi connectivity index (χ0) is 14.6. The van der Waals surface area contributed by atoms with Crippen molar-refractivity contribution in [3.8, 4) is 0 Å². The molecule has 0 atom stereocenters. The van der Waals surface area contributed by atoms with Crippen molar-refractivity contribution < 1.29 is 5.21 Å². The van der Waals surface area contributed by atoms with Crippen LogP contribution < -0.4 is 5.73 Å². The number of hydrogen-bond donors (Lipinski definition) is 2. The second-order valence-electron chi connectivity index (χ2n) is 5.81. The molecule has 0 aromatic carbocycles. The molecule has 20 heavy (non-hydrogen) atoms. The highest BCUT2D eigenvalue weighted by Gasteiger charge is 2.28. The Morgan fingerprint density at radius 3 is 2.90 bits per heavy atom. The van der Waals surface area contributed by atoms with Gasteiger partial charge >= 0.3 is 0 Å². The lowest BCUT2D eigenvalue weighted by atomic mass is 9.86. The van der Waals surface area contributed by atoms with Crippen LogP contribution in [0.2, 0.25) is 0 Å². The first-order valence-corrected chi connectivity index (χ1v) is 7.92. The Morgan fingerprint density at radius 2 is 2.25 bits per heavy atom. The van der Waals surface area contributed by atoms with Crippen LogP contribution in [0.25, 0.3) is 0 Å². The van der Waals surface area contributed by atoms with Gasteiger partial charge in [-0.15, -0.1) is 5.10 Å². The lowest BCUT2D eigenvalue weighted by molar-refractivity contribution is 0.304. The Kier molecular flexibility index (Phi) is 4.85. The summed E-state index contributed by atoms with van der Waals surface area (Å²) in [5.74, 6) is 1.28. The maximum atomic E-state index is 8.72. The molecular formula is C12H22N6OS. The topological polar surface area (TPSA) is 102 Å². The van der Waals surface area contributed by atoms with E-state index in [0.29, 0.717) is 11.9 Å². The Bertz CT molecular complexity index is 468. The Labute approximate surface area is 123 Å². The van der Waals surface area contributed by atoms with E-state index in [1.165, 1.54) is 12.8 Å². The molecule has 1 fully saturated rings. The highest BCUT2D eigenvalue weighted by Crippen LogP contribution is 2.36. The number of rotatable bonds is 8. The van der Waals surface area contributed by atoms with Crippen LogP contribution in [0.3, 0.4) is 0 Å². The number of nitrogens with zero attached hydrogens (tertiary/aromatic N) is 5. The third-order valence-corrected chi connectivity index (χ3v) is 4.60. The number of thioether (sulfide) groups is 1. The second kappa shape index (κ2) is 6.43. The van der Waals surface area contributed by atoms with Gasteiger partial charge in [0.05, 0.1) is 6.04 Å². The molecule has 7 nitrogen and oxygen atoms in total. The van der Waals surface area contributed by atoms with Gasteiger partial charge in [-0.05, 0) is 36.1 Å². The Balaban J connectivity index is 1.68. The highest BCUT2D eigenvalue weighted by molar-refractivity contribution is 7.99. The minimum Gasteiger partial charge on any atom is -0.409 e. The predicted octanol–water partition coefficient (Wildman–Crippen LogP) is 2.04. The summed E-state index contributed by atoms with van der Waals surface area (Å²) in [5.41, 5.74) is 5.41. The van der Waals surface area contributed by atoms with Crippen LogP contribution in [0.15, 0.2) is 10.3 Å². The van der Waals surface area contributed by atoms with Crippen LogP contribution in [-0.4, -0.2) is 37.0 Å². The first-order valence-electron chi connectivity index (χ1n) is 6.93. The first kappa shape index (κ1) is 15.1. The molecule has 1 saturated carbocycles. The summed E-state index contributed by atoms with van der Waals surface area (Å²) in [6, 6.07) is 0.520. The van der Waals surface area contributed by atoms with Crippen LogP contribution in [0.5, 0.6) is 0 Å². The van der Waals surface area contributed by atoms with Crippen molar-refractivity contribution in [2.45, 2.75) is 57.1 Å². The van der Waals surface area contributed by atoms with E-state index in [2.05, 4.69) is 20.7 Å². The van der Waals surface area contributed by atoms with E-state index in [4.69, 9.17) is 10.9 Å². The van der Waals surface area contributed by atoms with Gasteiger partial charge in [0.1, 0.15) is 5.84 Å². The smallest absolute Gasteiger partial charge is 0.209 e.